The minimum absolute atomic E-state index is 0.291. The molecule has 1 aromatic heterocycles. The largest absolute Gasteiger partial charge is 0.462 e. The van der Waals surface area contributed by atoms with Gasteiger partial charge in [0, 0.05) is 26.7 Å². The molecule has 0 radical (unpaired) electrons. The van der Waals surface area contributed by atoms with Gasteiger partial charge in [0.15, 0.2) is 0 Å². The summed E-state index contributed by atoms with van der Waals surface area (Å²) in [5.41, 5.74) is 1.38. The van der Waals surface area contributed by atoms with Gasteiger partial charge in [0.1, 0.15) is 5.56 Å². The molecule has 0 amide bonds. The lowest BCUT2D eigenvalue weighted by atomic mass is 10.2. The molecule has 2 heterocycles. The van der Waals surface area contributed by atoms with Crippen molar-refractivity contribution in [3.8, 4) is 0 Å². The average molecular weight is 267 g/mol. The molecule has 0 spiro atoms. The Bertz CT molecular complexity index is 425. The number of aromatic nitrogens is 2. The van der Waals surface area contributed by atoms with E-state index in [1.165, 1.54) is 0 Å². The van der Waals surface area contributed by atoms with Gasteiger partial charge in [-0.25, -0.2) is 4.79 Å². The minimum Gasteiger partial charge on any atom is -0.462 e. The highest BCUT2D eigenvalue weighted by atomic mass is 16.5. The van der Waals surface area contributed by atoms with Crippen LogP contribution in [0.1, 0.15) is 35.8 Å². The molecule has 0 aromatic carbocycles. The third kappa shape index (κ3) is 3.54. The molecular formula is C13H21N3O3. The van der Waals surface area contributed by atoms with E-state index in [0.717, 1.165) is 31.7 Å². The molecule has 1 unspecified atom stereocenters. The van der Waals surface area contributed by atoms with E-state index in [0.29, 0.717) is 24.8 Å². The van der Waals surface area contributed by atoms with Gasteiger partial charge in [0.25, 0.3) is 0 Å². The van der Waals surface area contributed by atoms with Crippen molar-refractivity contribution in [2.24, 2.45) is 7.05 Å². The quantitative estimate of drug-likeness (QED) is 0.775. The van der Waals surface area contributed by atoms with Crippen LogP contribution in [0.5, 0.6) is 0 Å². The van der Waals surface area contributed by atoms with E-state index < -0.39 is 0 Å². The van der Waals surface area contributed by atoms with Crippen LogP contribution in [0.2, 0.25) is 0 Å². The SMILES string of the molecule is CCOC(=O)c1cnn(C)c1CNCC1CCCO1. The number of esters is 1. The van der Waals surface area contributed by atoms with Crippen LogP contribution in [0.3, 0.4) is 0 Å². The van der Waals surface area contributed by atoms with Crippen LogP contribution in [0.4, 0.5) is 0 Å². The predicted molar refractivity (Wildman–Crippen MR) is 69.8 cm³/mol. The number of carbonyl (C=O) groups is 1. The number of nitrogens with zero attached hydrogens (tertiary/aromatic N) is 2. The first-order valence-corrected chi connectivity index (χ1v) is 6.72. The van der Waals surface area contributed by atoms with Crippen molar-refractivity contribution in [3.05, 3.63) is 17.5 Å². The van der Waals surface area contributed by atoms with Crippen LogP contribution >= 0.6 is 0 Å². The summed E-state index contributed by atoms with van der Waals surface area (Å²) in [7, 11) is 1.83. The molecule has 106 valence electrons. The number of hydrogen-bond donors (Lipinski definition) is 1. The molecular weight excluding hydrogens is 246 g/mol. The second-order valence-corrected chi connectivity index (χ2v) is 4.61. The lowest BCUT2D eigenvalue weighted by molar-refractivity contribution is 0.0524. The van der Waals surface area contributed by atoms with E-state index in [1.54, 1.807) is 17.8 Å². The molecule has 1 atom stereocenters. The first-order chi connectivity index (χ1) is 9.22. The number of aryl methyl sites for hydroxylation is 1. The molecule has 6 heteroatoms. The summed E-state index contributed by atoms with van der Waals surface area (Å²) in [6.45, 7) is 4.41. The lowest BCUT2D eigenvalue weighted by Gasteiger charge is -2.11. The normalized spacial score (nSPS) is 18.7. The zero-order chi connectivity index (χ0) is 13.7. The maximum atomic E-state index is 11.8. The zero-order valence-electron chi connectivity index (χ0n) is 11.5. The Hall–Kier alpha value is -1.40. The second-order valence-electron chi connectivity index (χ2n) is 4.61. The Balaban J connectivity index is 1.91. The van der Waals surface area contributed by atoms with Crippen LogP contribution in [-0.4, -0.2) is 41.6 Å². The van der Waals surface area contributed by atoms with E-state index >= 15 is 0 Å². The summed E-state index contributed by atoms with van der Waals surface area (Å²) < 4.78 is 12.3. The highest BCUT2D eigenvalue weighted by molar-refractivity contribution is 5.90. The highest BCUT2D eigenvalue weighted by Crippen LogP contribution is 2.12. The van der Waals surface area contributed by atoms with Gasteiger partial charge in [-0.05, 0) is 19.8 Å². The Labute approximate surface area is 113 Å². The van der Waals surface area contributed by atoms with Crippen molar-refractivity contribution < 1.29 is 14.3 Å². The van der Waals surface area contributed by atoms with Crippen molar-refractivity contribution in [2.75, 3.05) is 19.8 Å². The predicted octanol–water partition coefficient (Wildman–Crippen LogP) is 0.865. The summed E-state index contributed by atoms with van der Waals surface area (Å²) >= 11 is 0. The topological polar surface area (TPSA) is 65.4 Å². The standard InChI is InChI=1S/C13H21N3O3/c1-3-18-13(17)11-8-15-16(2)12(11)9-14-7-10-5-4-6-19-10/h8,10,14H,3-7,9H2,1-2H3. The van der Waals surface area contributed by atoms with Gasteiger partial charge < -0.3 is 14.8 Å². The second kappa shape index (κ2) is 6.68. The molecule has 1 aromatic rings. The monoisotopic (exact) mass is 267 g/mol. The fourth-order valence-electron chi connectivity index (χ4n) is 2.21. The van der Waals surface area contributed by atoms with Gasteiger partial charge in [-0.1, -0.05) is 0 Å². The summed E-state index contributed by atoms with van der Waals surface area (Å²) in [6.07, 6.45) is 4.08. The van der Waals surface area contributed by atoms with Crippen molar-refractivity contribution in [3.63, 3.8) is 0 Å². The fourth-order valence-corrected chi connectivity index (χ4v) is 2.21. The van der Waals surface area contributed by atoms with Crippen LogP contribution < -0.4 is 5.32 Å². The van der Waals surface area contributed by atoms with Crippen molar-refractivity contribution in [2.45, 2.75) is 32.4 Å². The smallest absolute Gasteiger partial charge is 0.341 e. The van der Waals surface area contributed by atoms with Crippen molar-refractivity contribution >= 4 is 5.97 Å². The summed E-state index contributed by atoms with van der Waals surface area (Å²) in [5, 5.41) is 7.43. The first-order valence-electron chi connectivity index (χ1n) is 6.72. The van der Waals surface area contributed by atoms with Gasteiger partial charge in [-0.3, -0.25) is 4.68 Å². The molecule has 0 aliphatic carbocycles. The number of carbonyl (C=O) groups excluding carboxylic acids is 1. The maximum absolute atomic E-state index is 11.8. The summed E-state index contributed by atoms with van der Waals surface area (Å²) in [5.74, 6) is -0.315. The van der Waals surface area contributed by atoms with Gasteiger partial charge in [-0.2, -0.15) is 5.10 Å². The minimum atomic E-state index is -0.315. The number of ether oxygens (including phenoxy) is 2. The lowest BCUT2D eigenvalue weighted by Crippen LogP contribution is -2.27. The average Bonchev–Trinajstić information content (AvgIpc) is 3.01. The van der Waals surface area contributed by atoms with Crippen LogP contribution in [-0.2, 0) is 23.1 Å². The third-order valence-corrected chi connectivity index (χ3v) is 3.25. The molecule has 19 heavy (non-hydrogen) atoms. The molecule has 1 aliphatic heterocycles. The van der Waals surface area contributed by atoms with Crippen LogP contribution in [0.25, 0.3) is 0 Å². The van der Waals surface area contributed by atoms with Crippen molar-refractivity contribution in [1.29, 1.82) is 0 Å². The molecule has 1 fully saturated rings. The molecule has 1 aliphatic rings. The van der Waals surface area contributed by atoms with Gasteiger partial charge in [0.05, 0.1) is 24.6 Å². The van der Waals surface area contributed by atoms with Gasteiger partial charge in [-0.15, -0.1) is 0 Å². The van der Waals surface area contributed by atoms with E-state index in [-0.39, 0.29) is 5.97 Å². The summed E-state index contributed by atoms with van der Waals surface area (Å²) in [4.78, 5) is 11.8. The summed E-state index contributed by atoms with van der Waals surface area (Å²) in [6, 6.07) is 0. The molecule has 6 nitrogen and oxygen atoms in total. The van der Waals surface area contributed by atoms with E-state index in [2.05, 4.69) is 10.4 Å². The highest BCUT2D eigenvalue weighted by Gasteiger charge is 2.18. The number of nitrogens with one attached hydrogen (secondary N) is 1. The van der Waals surface area contributed by atoms with Crippen molar-refractivity contribution in [1.82, 2.24) is 15.1 Å². The van der Waals surface area contributed by atoms with E-state index in [1.807, 2.05) is 7.05 Å². The van der Waals surface area contributed by atoms with Gasteiger partial charge in [0.2, 0.25) is 0 Å². The Morgan fingerprint density at radius 1 is 1.68 bits per heavy atom. The van der Waals surface area contributed by atoms with E-state index in [4.69, 9.17) is 9.47 Å². The van der Waals surface area contributed by atoms with Crippen LogP contribution in [0.15, 0.2) is 6.20 Å². The Morgan fingerprint density at radius 2 is 2.53 bits per heavy atom. The van der Waals surface area contributed by atoms with E-state index in [9.17, 15) is 4.79 Å². The molecule has 1 N–H and O–H groups in total. The Kier molecular flexibility index (Phi) is 4.93. The number of rotatable bonds is 6. The van der Waals surface area contributed by atoms with Crippen LogP contribution in [0, 0.1) is 0 Å². The maximum Gasteiger partial charge on any atom is 0.341 e. The molecule has 1 saturated heterocycles. The number of hydrogen-bond acceptors (Lipinski definition) is 5. The molecule has 0 saturated carbocycles. The molecule has 2 rings (SSSR count). The fraction of sp³-hybridized carbons (Fsp3) is 0.692. The first kappa shape index (κ1) is 14.0. The molecule has 0 bridgehead atoms. The zero-order valence-corrected chi connectivity index (χ0v) is 11.5. The third-order valence-electron chi connectivity index (χ3n) is 3.25. The van der Waals surface area contributed by atoms with Gasteiger partial charge >= 0.3 is 5.97 Å². The Morgan fingerprint density at radius 3 is 3.21 bits per heavy atom.